The first-order valence-electron chi connectivity index (χ1n) is 5.39. The number of hydrogen-bond acceptors (Lipinski definition) is 2. The normalized spacial score (nSPS) is 24.4. The minimum absolute atomic E-state index is 0.311. The van der Waals surface area contributed by atoms with E-state index in [1.807, 2.05) is 11.3 Å². The lowest BCUT2D eigenvalue weighted by atomic mass is 10.0. The highest BCUT2D eigenvalue weighted by atomic mass is 32.1. The lowest BCUT2D eigenvalue weighted by Gasteiger charge is -2.36. The van der Waals surface area contributed by atoms with Crippen molar-refractivity contribution in [3.05, 3.63) is 22.4 Å². The monoisotopic (exact) mass is 209 g/mol. The molecule has 1 nitrogen and oxygen atoms in total. The van der Waals surface area contributed by atoms with E-state index in [9.17, 15) is 0 Å². The lowest BCUT2D eigenvalue weighted by Crippen LogP contribution is -2.40. The molecule has 2 heteroatoms. The van der Waals surface area contributed by atoms with Crippen LogP contribution in [0.3, 0.4) is 0 Å². The first-order chi connectivity index (χ1) is 6.59. The number of likely N-dealkylation sites (tertiary alicyclic amines) is 1. The van der Waals surface area contributed by atoms with Gasteiger partial charge in [0.15, 0.2) is 0 Å². The highest BCUT2D eigenvalue weighted by Crippen LogP contribution is 2.38. The largest absolute Gasteiger partial charge is 0.291 e. The van der Waals surface area contributed by atoms with Gasteiger partial charge in [0.2, 0.25) is 0 Å². The van der Waals surface area contributed by atoms with Crippen LogP contribution in [0.5, 0.6) is 0 Å². The minimum Gasteiger partial charge on any atom is -0.291 e. The molecule has 0 saturated carbocycles. The molecular weight excluding hydrogens is 190 g/mol. The number of rotatable bonds is 1. The molecule has 0 aliphatic carbocycles. The Kier molecular flexibility index (Phi) is 2.67. The van der Waals surface area contributed by atoms with E-state index in [0.717, 1.165) is 0 Å². The average molecular weight is 209 g/mol. The smallest absolute Gasteiger partial charge is 0.0447 e. The van der Waals surface area contributed by atoms with Crippen molar-refractivity contribution >= 4 is 11.3 Å². The van der Waals surface area contributed by atoms with E-state index in [0.29, 0.717) is 11.6 Å². The van der Waals surface area contributed by atoms with Crippen molar-refractivity contribution in [1.82, 2.24) is 4.90 Å². The summed E-state index contributed by atoms with van der Waals surface area (Å²) in [5.74, 6) is 0. The summed E-state index contributed by atoms with van der Waals surface area (Å²) >= 11 is 1.90. The van der Waals surface area contributed by atoms with E-state index in [4.69, 9.17) is 0 Å². The molecule has 1 aromatic heterocycles. The van der Waals surface area contributed by atoms with Crippen LogP contribution in [0.4, 0.5) is 0 Å². The van der Waals surface area contributed by atoms with Gasteiger partial charge in [-0.05, 0) is 51.6 Å². The van der Waals surface area contributed by atoms with Gasteiger partial charge in [-0.25, -0.2) is 0 Å². The summed E-state index contributed by atoms with van der Waals surface area (Å²) in [4.78, 5) is 4.18. The zero-order valence-electron chi connectivity index (χ0n) is 9.29. The molecule has 0 radical (unpaired) electrons. The molecule has 1 fully saturated rings. The molecule has 0 N–H and O–H groups in total. The fourth-order valence-corrected chi connectivity index (χ4v) is 3.22. The molecule has 0 spiro atoms. The van der Waals surface area contributed by atoms with Crippen LogP contribution >= 0.6 is 11.3 Å². The molecule has 0 bridgehead atoms. The molecule has 0 aromatic carbocycles. The van der Waals surface area contributed by atoms with Gasteiger partial charge >= 0.3 is 0 Å². The van der Waals surface area contributed by atoms with Crippen molar-refractivity contribution in [2.24, 2.45) is 0 Å². The van der Waals surface area contributed by atoms with E-state index in [1.54, 1.807) is 0 Å². The molecule has 1 aromatic rings. The summed E-state index contributed by atoms with van der Waals surface area (Å²) in [5.41, 5.74) is 0.311. The maximum absolute atomic E-state index is 2.64. The van der Waals surface area contributed by atoms with Crippen LogP contribution in [0.15, 0.2) is 17.5 Å². The second-order valence-corrected chi connectivity index (χ2v) is 6.02. The van der Waals surface area contributed by atoms with Crippen molar-refractivity contribution in [2.75, 3.05) is 6.54 Å². The topological polar surface area (TPSA) is 3.24 Å². The second kappa shape index (κ2) is 3.67. The van der Waals surface area contributed by atoms with E-state index < -0.39 is 0 Å². The summed E-state index contributed by atoms with van der Waals surface area (Å²) in [6.07, 6.45) is 2.68. The van der Waals surface area contributed by atoms with Crippen molar-refractivity contribution < 1.29 is 0 Å². The molecule has 14 heavy (non-hydrogen) atoms. The van der Waals surface area contributed by atoms with Crippen LogP contribution in [-0.2, 0) is 0 Å². The van der Waals surface area contributed by atoms with E-state index in [-0.39, 0.29) is 0 Å². The minimum atomic E-state index is 0.311. The summed E-state index contributed by atoms with van der Waals surface area (Å²) < 4.78 is 0. The Balaban J connectivity index is 2.20. The predicted octanol–water partition coefficient (Wildman–Crippen LogP) is 3.68. The third-order valence-corrected chi connectivity index (χ3v) is 3.96. The molecule has 2 rings (SSSR count). The van der Waals surface area contributed by atoms with Crippen LogP contribution < -0.4 is 0 Å². The molecule has 2 heterocycles. The van der Waals surface area contributed by atoms with Gasteiger partial charge in [-0.2, -0.15) is 0 Å². The number of nitrogens with zero attached hydrogens (tertiary/aromatic N) is 1. The van der Waals surface area contributed by atoms with Crippen molar-refractivity contribution in [3.63, 3.8) is 0 Å². The second-order valence-electron chi connectivity index (χ2n) is 5.04. The number of hydrogen-bond donors (Lipinski definition) is 0. The van der Waals surface area contributed by atoms with Gasteiger partial charge in [-0.1, -0.05) is 6.07 Å². The van der Waals surface area contributed by atoms with Crippen molar-refractivity contribution in [3.8, 4) is 0 Å². The third kappa shape index (κ3) is 1.86. The van der Waals surface area contributed by atoms with Crippen LogP contribution in [0, 0.1) is 0 Å². The molecule has 78 valence electrons. The maximum atomic E-state index is 2.64. The van der Waals surface area contributed by atoms with Gasteiger partial charge in [0, 0.05) is 16.5 Å². The molecule has 1 aliphatic heterocycles. The molecule has 0 amide bonds. The SMILES string of the molecule is CC(C)(C)N1CCCC1c1cccs1. The highest BCUT2D eigenvalue weighted by molar-refractivity contribution is 7.10. The van der Waals surface area contributed by atoms with E-state index in [2.05, 4.69) is 43.2 Å². The average Bonchev–Trinajstić information content (AvgIpc) is 2.73. The Morgan fingerprint density at radius 3 is 2.79 bits per heavy atom. The first kappa shape index (κ1) is 10.2. The zero-order valence-corrected chi connectivity index (χ0v) is 10.1. The third-order valence-electron chi connectivity index (χ3n) is 2.99. The molecule has 1 aliphatic rings. The maximum Gasteiger partial charge on any atom is 0.0447 e. The van der Waals surface area contributed by atoms with Gasteiger partial charge < -0.3 is 0 Å². The molecule has 1 unspecified atom stereocenters. The summed E-state index contributed by atoms with van der Waals surface area (Å²) in [6.45, 7) is 8.21. The van der Waals surface area contributed by atoms with Crippen LogP contribution in [-0.4, -0.2) is 17.0 Å². The van der Waals surface area contributed by atoms with E-state index >= 15 is 0 Å². The van der Waals surface area contributed by atoms with Crippen LogP contribution in [0.25, 0.3) is 0 Å². The van der Waals surface area contributed by atoms with Gasteiger partial charge in [0.05, 0.1) is 0 Å². The fraction of sp³-hybridized carbons (Fsp3) is 0.667. The molecule has 1 atom stereocenters. The Labute approximate surface area is 90.7 Å². The Bertz CT molecular complexity index is 284. The summed E-state index contributed by atoms with van der Waals surface area (Å²) in [5, 5.41) is 2.19. The molecule has 1 saturated heterocycles. The Morgan fingerprint density at radius 2 is 2.21 bits per heavy atom. The molecular formula is C12H19NS. The first-order valence-corrected chi connectivity index (χ1v) is 6.27. The Morgan fingerprint density at radius 1 is 1.43 bits per heavy atom. The van der Waals surface area contributed by atoms with Gasteiger partial charge in [-0.15, -0.1) is 11.3 Å². The van der Waals surface area contributed by atoms with Crippen LogP contribution in [0.2, 0.25) is 0 Å². The van der Waals surface area contributed by atoms with Crippen molar-refractivity contribution in [1.29, 1.82) is 0 Å². The fourth-order valence-electron chi connectivity index (χ4n) is 2.35. The van der Waals surface area contributed by atoms with Gasteiger partial charge in [0.1, 0.15) is 0 Å². The van der Waals surface area contributed by atoms with E-state index in [1.165, 1.54) is 24.3 Å². The Hall–Kier alpha value is -0.340. The summed E-state index contributed by atoms with van der Waals surface area (Å²) in [7, 11) is 0. The highest BCUT2D eigenvalue weighted by Gasteiger charge is 2.33. The summed E-state index contributed by atoms with van der Waals surface area (Å²) in [6, 6.07) is 5.12. The van der Waals surface area contributed by atoms with Crippen molar-refractivity contribution in [2.45, 2.75) is 45.2 Å². The van der Waals surface area contributed by atoms with Gasteiger partial charge in [0.25, 0.3) is 0 Å². The number of thiophene rings is 1. The standard InChI is InChI=1S/C12H19NS/c1-12(2,3)13-8-4-6-10(13)11-7-5-9-14-11/h5,7,9-10H,4,6,8H2,1-3H3. The van der Waals surface area contributed by atoms with Gasteiger partial charge in [-0.3, -0.25) is 4.90 Å². The zero-order chi connectivity index (χ0) is 10.2. The quantitative estimate of drug-likeness (QED) is 0.682. The predicted molar refractivity (Wildman–Crippen MR) is 62.8 cm³/mol. The lowest BCUT2D eigenvalue weighted by molar-refractivity contribution is 0.123. The van der Waals surface area contributed by atoms with Crippen LogP contribution in [0.1, 0.15) is 44.5 Å².